The van der Waals surface area contributed by atoms with Crippen molar-refractivity contribution in [1.82, 2.24) is 35.2 Å². The maximum Gasteiger partial charge on any atom is 0.244 e. The van der Waals surface area contributed by atoms with Gasteiger partial charge in [-0.3, -0.25) is 9.59 Å². The van der Waals surface area contributed by atoms with Gasteiger partial charge in [0.2, 0.25) is 11.8 Å². The Bertz CT molecular complexity index is 817. The van der Waals surface area contributed by atoms with E-state index in [1.165, 1.54) is 11.0 Å². The molecule has 0 atom stereocenters. The second-order valence-electron chi connectivity index (χ2n) is 7.62. The molecule has 10 nitrogen and oxygen atoms in total. The van der Waals surface area contributed by atoms with Gasteiger partial charge in [-0.1, -0.05) is 5.16 Å². The van der Waals surface area contributed by atoms with Crippen molar-refractivity contribution in [3.05, 3.63) is 23.3 Å². The van der Waals surface area contributed by atoms with Crippen LogP contribution >= 0.6 is 0 Å². The van der Waals surface area contributed by atoms with Crippen LogP contribution in [0.2, 0.25) is 0 Å². The molecule has 2 aromatic rings. The number of likely N-dealkylation sites (tertiary alicyclic amines) is 2. The van der Waals surface area contributed by atoms with Gasteiger partial charge in [-0.15, -0.1) is 5.10 Å². The Morgan fingerprint density at radius 3 is 2.70 bits per heavy atom. The molecule has 2 aliphatic rings. The van der Waals surface area contributed by atoms with Gasteiger partial charge in [-0.05, 0) is 37.1 Å². The van der Waals surface area contributed by atoms with Crippen molar-refractivity contribution in [2.24, 2.45) is 5.41 Å². The highest BCUT2D eigenvalue weighted by Crippen LogP contribution is 2.41. The first-order valence-corrected chi connectivity index (χ1v) is 9.14. The zero-order valence-corrected chi connectivity index (χ0v) is 15.6. The van der Waals surface area contributed by atoms with Crippen molar-refractivity contribution in [3.63, 3.8) is 0 Å². The highest BCUT2D eigenvalue weighted by atomic mass is 16.5. The second kappa shape index (κ2) is 6.75. The molecule has 0 saturated carbocycles. The number of hydrogen-bond donors (Lipinski definition) is 0. The number of carbonyl (C=O) groups excluding carboxylic acids is 2. The minimum absolute atomic E-state index is 0.00838. The van der Waals surface area contributed by atoms with Crippen LogP contribution in [0, 0.1) is 19.3 Å². The highest BCUT2D eigenvalue weighted by Gasteiger charge is 2.45. The smallest absolute Gasteiger partial charge is 0.244 e. The molecule has 1 spiro atoms. The predicted molar refractivity (Wildman–Crippen MR) is 92.1 cm³/mol. The van der Waals surface area contributed by atoms with Gasteiger partial charge in [-0.2, -0.15) is 0 Å². The minimum atomic E-state index is -0.0400. The summed E-state index contributed by atoms with van der Waals surface area (Å²) in [6, 6.07) is 0. The van der Waals surface area contributed by atoms with E-state index in [2.05, 4.69) is 20.7 Å². The Morgan fingerprint density at radius 2 is 2.07 bits per heavy atom. The molecule has 0 unspecified atom stereocenters. The second-order valence-corrected chi connectivity index (χ2v) is 7.62. The van der Waals surface area contributed by atoms with E-state index in [0.29, 0.717) is 26.1 Å². The molecule has 2 aromatic heterocycles. The number of aryl methyl sites for hydroxylation is 2. The van der Waals surface area contributed by atoms with Crippen LogP contribution in [0.1, 0.15) is 36.3 Å². The van der Waals surface area contributed by atoms with Crippen LogP contribution in [0.5, 0.6) is 0 Å². The van der Waals surface area contributed by atoms with Crippen molar-refractivity contribution in [2.45, 2.75) is 46.2 Å². The van der Waals surface area contributed by atoms with Gasteiger partial charge in [0, 0.05) is 37.0 Å². The number of nitrogens with zero attached hydrogens (tertiary/aromatic N) is 7. The van der Waals surface area contributed by atoms with Gasteiger partial charge in [0.15, 0.2) is 0 Å². The number of rotatable bonds is 4. The van der Waals surface area contributed by atoms with Crippen molar-refractivity contribution in [2.75, 3.05) is 19.6 Å². The number of amides is 2. The molecule has 2 amide bonds. The minimum Gasteiger partial charge on any atom is -0.361 e. The van der Waals surface area contributed by atoms with Crippen LogP contribution < -0.4 is 0 Å². The summed E-state index contributed by atoms with van der Waals surface area (Å²) in [6.07, 6.45) is 3.65. The number of hydrogen-bond acceptors (Lipinski definition) is 7. The Kier molecular flexibility index (Phi) is 4.40. The Balaban J connectivity index is 1.36. The summed E-state index contributed by atoms with van der Waals surface area (Å²) in [5.74, 6) is 0.946. The molecule has 0 aliphatic carbocycles. The summed E-state index contributed by atoms with van der Waals surface area (Å²) in [7, 11) is 0. The average Bonchev–Trinajstić information content (AvgIpc) is 3.33. The van der Waals surface area contributed by atoms with Gasteiger partial charge in [0.05, 0.1) is 12.2 Å². The fraction of sp³-hybridized carbons (Fsp3) is 0.647. The summed E-state index contributed by atoms with van der Waals surface area (Å²) in [6.45, 7) is 6.52. The third-order valence-corrected chi connectivity index (χ3v) is 5.80. The van der Waals surface area contributed by atoms with E-state index in [4.69, 9.17) is 4.52 Å². The van der Waals surface area contributed by atoms with Crippen LogP contribution in [0.25, 0.3) is 0 Å². The molecule has 0 radical (unpaired) electrons. The molecule has 2 fully saturated rings. The zero-order chi connectivity index (χ0) is 19.0. The van der Waals surface area contributed by atoms with E-state index in [1.807, 2.05) is 23.6 Å². The quantitative estimate of drug-likeness (QED) is 0.759. The largest absolute Gasteiger partial charge is 0.361 e. The molecule has 2 saturated heterocycles. The van der Waals surface area contributed by atoms with E-state index in [1.54, 1.807) is 0 Å². The predicted octanol–water partition coefficient (Wildman–Crippen LogP) is 0.319. The lowest BCUT2D eigenvalue weighted by Crippen LogP contribution is -2.45. The topological polar surface area (TPSA) is 110 Å². The van der Waals surface area contributed by atoms with Gasteiger partial charge in [-0.25, -0.2) is 4.68 Å². The first kappa shape index (κ1) is 17.6. The maximum absolute atomic E-state index is 12.6. The van der Waals surface area contributed by atoms with Crippen LogP contribution in [0.15, 0.2) is 10.9 Å². The standard InChI is InChI=1S/C17H23N7O3/c1-12-14(13(2)27-19-12)8-23-10-17(7-15(23)25)3-5-22(6-4-17)16(26)9-24-11-18-20-21-24/h11H,3-10H2,1-2H3. The van der Waals surface area contributed by atoms with Gasteiger partial charge in [0.1, 0.15) is 18.6 Å². The third-order valence-electron chi connectivity index (χ3n) is 5.80. The van der Waals surface area contributed by atoms with Crippen LogP contribution in [0.4, 0.5) is 0 Å². The lowest BCUT2D eigenvalue weighted by Gasteiger charge is -2.38. The molecule has 10 heteroatoms. The summed E-state index contributed by atoms with van der Waals surface area (Å²) in [5, 5.41) is 14.8. The fourth-order valence-electron chi connectivity index (χ4n) is 4.10. The van der Waals surface area contributed by atoms with Crippen LogP contribution in [0.3, 0.4) is 0 Å². The Labute approximate surface area is 156 Å². The van der Waals surface area contributed by atoms with E-state index in [0.717, 1.165) is 36.4 Å². The van der Waals surface area contributed by atoms with E-state index >= 15 is 0 Å². The number of piperidine rings is 1. The van der Waals surface area contributed by atoms with E-state index < -0.39 is 0 Å². The number of tetrazole rings is 1. The highest BCUT2D eigenvalue weighted by molar-refractivity contribution is 5.80. The molecule has 4 heterocycles. The first-order chi connectivity index (χ1) is 13.0. The lowest BCUT2D eigenvalue weighted by molar-refractivity contribution is -0.134. The molecule has 144 valence electrons. The molecule has 27 heavy (non-hydrogen) atoms. The van der Waals surface area contributed by atoms with Gasteiger partial charge in [0.25, 0.3) is 0 Å². The Morgan fingerprint density at radius 1 is 1.30 bits per heavy atom. The average molecular weight is 373 g/mol. The summed E-state index contributed by atoms with van der Waals surface area (Å²) >= 11 is 0. The lowest BCUT2D eigenvalue weighted by atomic mass is 9.77. The van der Waals surface area contributed by atoms with Crippen molar-refractivity contribution in [1.29, 1.82) is 0 Å². The van der Waals surface area contributed by atoms with Crippen molar-refractivity contribution < 1.29 is 14.1 Å². The van der Waals surface area contributed by atoms with Crippen LogP contribution in [-0.4, -0.2) is 66.6 Å². The zero-order valence-electron chi connectivity index (χ0n) is 15.6. The van der Waals surface area contributed by atoms with Crippen molar-refractivity contribution >= 4 is 11.8 Å². The molecule has 4 rings (SSSR count). The summed E-state index contributed by atoms with van der Waals surface area (Å²) in [5.41, 5.74) is 1.79. The van der Waals surface area contributed by atoms with Crippen molar-refractivity contribution in [3.8, 4) is 0 Å². The normalized spacial score (nSPS) is 19.3. The molecule has 0 bridgehead atoms. The fourth-order valence-corrected chi connectivity index (χ4v) is 4.10. The number of aromatic nitrogens is 5. The van der Waals surface area contributed by atoms with Gasteiger partial charge < -0.3 is 14.3 Å². The van der Waals surface area contributed by atoms with E-state index in [-0.39, 0.29) is 23.8 Å². The monoisotopic (exact) mass is 373 g/mol. The van der Waals surface area contributed by atoms with Crippen LogP contribution in [-0.2, 0) is 22.7 Å². The van der Waals surface area contributed by atoms with E-state index in [9.17, 15) is 9.59 Å². The maximum atomic E-state index is 12.6. The first-order valence-electron chi connectivity index (χ1n) is 9.14. The third kappa shape index (κ3) is 3.43. The van der Waals surface area contributed by atoms with Gasteiger partial charge >= 0.3 is 0 Å². The SMILES string of the molecule is Cc1noc(C)c1CN1CC2(CCN(C(=O)Cn3cnnn3)CC2)CC1=O. The number of carbonyl (C=O) groups is 2. The molecular weight excluding hydrogens is 350 g/mol. The molecule has 0 aromatic carbocycles. The Hall–Kier alpha value is -2.78. The molecular formula is C17H23N7O3. The molecule has 2 aliphatic heterocycles. The summed E-state index contributed by atoms with van der Waals surface area (Å²) in [4.78, 5) is 28.7. The molecule has 0 N–H and O–H groups in total. The summed E-state index contributed by atoms with van der Waals surface area (Å²) < 4.78 is 6.64.